The van der Waals surface area contributed by atoms with Crippen molar-refractivity contribution in [3.05, 3.63) is 59.0 Å². The minimum atomic E-state index is -0.122. The summed E-state index contributed by atoms with van der Waals surface area (Å²) in [6.45, 7) is 3.96. The SMILES string of the molecule is Cc1nn(C)c(C)c1-c1cc(C(=O)NC(c2ccccc2)C2CC2)[nH]n1. The predicted molar refractivity (Wildman–Crippen MR) is 99.6 cm³/mol. The average Bonchev–Trinajstić information content (AvgIpc) is 3.30. The van der Waals surface area contributed by atoms with E-state index in [1.54, 1.807) is 6.07 Å². The number of carbonyl (C=O) groups is 1. The summed E-state index contributed by atoms with van der Waals surface area (Å²) in [5.41, 5.74) is 5.29. The maximum atomic E-state index is 12.8. The highest BCUT2D eigenvalue weighted by molar-refractivity contribution is 5.93. The molecule has 1 saturated carbocycles. The van der Waals surface area contributed by atoms with E-state index in [0.29, 0.717) is 11.6 Å². The highest BCUT2D eigenvalue weighted by atomic mass is 16.2. The van der Waals surface area contributed by atoms with E-state index in [4.69, 9.17) is 0 Å². The zero-order valence-electron chi connectivity index (χ0n) is 15.3. The molecular formula is C20H23N5O. The first-order valence-electron chi connectivity index (χ1n) is 8.96. The van der Waals surface area contributed by atoms with Crippen molar-refractivity contribution in [1.29, 1.82) is 0 Å². The first-order valence-corrected chi connectivity index (χ1v) is 8.96. The molecule has 2 aromatic heterocycles. The van der Waals surface area contributed by atoms with Crippen molar-refractivity contribution in [3.63, 3.8) is 0 Å². The van der Waals surface area contributed by atoms with Gasteiger partial charge in [0.05, 0.1) is 17.4 Å². The molecule has 26 heavy (non-hydrogen) atoms. The van der Waals surface area contributed by atoms with Gasteiger partial charge in [-0.25, -0.2) is 0 Å². The molecule has 6 heteroatoms. The lowest BCUT2D eigenvalue weighted by atomic mass is 10.0. The molecule has 3 aromatic rings. The van der Waals surface area contributed by atoms with Crippen LogP contribution in [0, 0.1) is 19.8 Å². The van der Waals surface area contributed by atoms with Gasteiger partial charge in [0.1, 0.15) is 5.69 Å². The van der Waals surface area contributed by atoms with Gasteiger partial charge in [-0.05, 0) is 44.2 Å². The normalized spacial score (nSPS) is 15.0. The summed E-state index contributed by atoms with van der Waals surface area (Å²) in [5.74, 6) is 0.398. The van der Waals surface area contributed by atoms with Crippen LogP contribution in [0.3, 0.4) is 0 Å². The monoisotopic (exact) mass is 349 g/mol. The molecule has 0 aliphatic heterocycles. The lowest BCUT2D eigenvalue weighted by Gasteiger charge is -2.18. The van der Waals surface area contributed by atoms with Gasteiger partial charge in [0, 0.05) is 18.3 Å². The zero-order valence-corrected chi connectivity index (χ0v) is 15.3. The Balaban J connectivity index is 1.56. The van der Waals surface area contributed by atoms with Crippen LogP contribution in [-0.4, -0.2) is 25.9 Å². The highest BCUT2D eigenvalue weighted by Crippen LogP contribution is 2.41. The first kappa shape index (κ1) is 16.6. The van der Waals surface area contributed by atoms with Gasteiger partial charge in [-0.3, -0.25) is 14.6 Å². The predicted octanol–water partition coefficient (Wildman–Crippen LogP) is 3.31. The van der Waals surface area contributed by atoms with Crippen LogP contribution < -0.4 is 5.32 Å². The van der Waals surface area contributed by atoms with E-state index in [9.17, 15) is 4.79 Å². The van der Waals surface area contributed by atoms with E-state index >= 15 is 0 Å². The minimum Gasteiger partial charge on any atom is -0.344 e. The largest absolute Gasteiger partial charge is 0.344 e. The van der Waals surface area contributed by atoms with Crippen molar-refractivity contribution in [1.82, 2.24) is 25.3 Å². The van der Waals surface area contributed by atoms with Crippen LogP contribution in [0.5, 0.6) is 0 Å². The molecule has 1 aliphatic carbocycles. The summed E-state index contributed by atoms with van der Waals surface area (Å²) in [6, 6.07) is 12.0. The Morgan fingerprint density at radius 3 is 2.62 bits per heavy atom. The molecule has 1 aliphatic rings. The van der Waals surface area contributed by atoms with E-state index in [0.717, 1.165) is 41.1 Å². The Morgan fingerprint density at radius 2 is 2.00 bits per heavy atom. The Bertz CT molecular complexity index is 937. The van der Waals surface area contributed by atoms with Gasteiger partial charge in [-0.15, -0.1) is 0 Å². The minimum absolute atomic E-state index is 0.0531. The van der Waals surface area contributed by atoms with E-state index in [-0.39, 0.29) is 11.9 Å². The number of H-pyrrole nitrogens is 1. The third-order valence-corrected chi connectivity index (χ3v) is 5.13. The number of aromatic nitrogens is 4. The standard InChI is InChI=1S/C20H23N5O/c1-12-18(13(2)25(3)24-12)16-11-17(23-22-16)20(26)21-19(15-9-10-15)14-7-5-4-6-8-14/h4-8,11,15,19H,9-10H2,1-3H3,(H,21,26)(H,22,23). The molecule has 2 N–H and O–H groups in total. The van der Waals surface area contributed by atoms with E-state index < -0.39 is 0 Å². The summed E-state index contributed by atoms with van der Waals surface area (Å²) in [6.07, 6.45) is 2.31. The van der Waals surface area contributed by atoms with Crippen LogP contribution in [0.4, 0.5) is 0 Å². The van der Waals surface area contributed by atoms with Gasteiger partial charge in [-0.1, -0.05) is 30.3 Å². The Hall–Kier alpha value is -2.89. The van der Waals surface area contributed by atoms with Crippen molar-refractivity contribution in [3.8, 4) is 11.3 Å². The van der Waals surface area contributed by atoms with Crippen molar-refractivity contribution >= 4 is 5.91 Å². The van der Waals surface area contributed by atoms with Crippen LogP contribution in [0.15, 0.2) is 36.4 Å². The van der Waals surface area contributed by atoms with E-state index in [1.807, 2.05) is 43.8 Å². The molecule has 1 aromatic carbocycles. The number of benzene rings is 1. The number of nitrogens with zero attached hydrogens (tertiary/aromatic N) is 3. The second-order valence-electron chi connectivity index (χ2n) is 7.04. The molecule has 2 heterocycles. The average molecular weight is 349 g/mol. The fourth-order valence-corrected chi connectivity index (χ4v) is 3.49. The summed E-state index contributed by atoms with van der Waals surface area (Å²) < 4.78 is 1.83. The summed E-state index contributed by atoms with van der Waals surface area (Å²) in [7, 11) is 1.91. The highest BCUT2D eigenvalue weighted by Gasteiger charge is 2.33. The van der Waals surface area contributed by atoms with Crippen LogP contribution in [-0.2, 0) is 7.05 Å². The van der Waals surface area contributed by atoms with Crippen molar-refractivity contribution in [2.75, 3.05) is 0 Å². The maximum Gasteiger partial charge on any atom is 0.269 e. The van der Waals surface area contributed by atoms with E-state index in [2.05, 4.69) is 32.7 Å². The number of aryl methyl sites for hydroxylation is 2. The molecule has 4 rings (SSSR count). The lowest BCUT2D eigenvalue weighted by molar-refractivity contribution is 0.0926. The van der Waals surface area contributed by atoms with Crippen LogP contribution in [0.1, 0.15) is 46.3 Å². The summed E-state index contributed by atoms with van der Waals surface area (Å²) >= 11 is 0. The number of amides is 1. The molecule has 1 fully saturated rings. The van der Waals surface area contributed by atoms with Gasteiger partial charge in [0.15, 0.2) is 0 Å². The fourth-order valence-electron chi connectivity index (χ4n) is 3.49. The molecule has 0 spiro atoms. The first-order chi connectivity index (χ1) is 12.5. The van der Waals surface area contributed by atoms with Crippen LogP contribution >= 0.6 is 0 Å². The maximum absolute atomic E-state index is 12.8. The van der Waals surface area contributed by atoms with Crippen LogP contribution in [0.2, 0.25) is 0 Å². The van der Waals surface area contributed by atoms with Gasteiger partial charge in [0.25, 0.3) is 5.91 Å². The zero-order chi connectivity index (χ0) is 18.3. The van der Waals surface area contributed by atoms with Gasteiger partial charge in [-0.2, -0.15) is 10.2 Å². The number of rotatable bonds is 5. The van der Waals surface area contributed by atoms with Gasteiger partial charge < -0.3 is 5.32 Å². The Morgan fingerprint density at radius 1 is 1.27 bits per heavy atom. The number of nitrogens with one attached hydrogen (secondary N) is 2. The lowest BCUT2D eigenvalue weighted by Crippen LogP contribution is -2.30. The van der Waals surface area contributed by atoms with Gasteiger partial charge >= 0.3 is 0 Å². The van der Waals surface area contributed by atoms with Crippen molar-refractivity contribution in [2.45, 2.75) is 32.7 Å². The second-order valence-corrected chi connectivity index (χ2v) is 7.04. The molecule has 1 unspecified atom stereocenters. The Kier molecular flexibility index (Phi) is 4.11. The molecule has 6 nitrogen and oxygen atoms in total. The molecule has 0 saturated heterocycles. The third kappa shape index (κ3) is 3.03. The van der Waals surface area contributed by atoms with Crippen LogP contribution in [0.25, 0.3) is 11.3 Å². The number of hydrogen-bond acceptors (Lipinski definition) is 3. The number of carbonyl (C=O) groups excluding carboxylic acids is 1. The second kappa shape index (κ2) is 6.44. The van der Waals surface area contributed by atoms with E-state index in [1.165, 1.54) is 0 Å². The molecule has 1 amide bonds. The quantitative estimate of drug-likeness (QED) is 0.742. The molecule has 1 atom stereocenters. The third-order valence-electron chi connectivity index (χ3n) is 5.13. The molecule has 0 bridgehead atoms. The summed E-state index contributed by atoms with van der Waals surface area (Å²) in [5, 5.41) is 14.8. The number of aromatic amines is 1. The van der Waals surface area contributed by atoms with Crippen molar-refractivity contribution < 1.29 is 4.79 Å². The van der Waals surface area contributed by atoms with Gasteiger partial charge in [0.2, 0.25) is 0 Å². The van der Waals surface area contributed by atoms with Crippen molar-refractivity contribution in [2.24, 2.45) is 13.0 Å². The molecular weight excluding hydrogens is 326 g/mol. The molecule has 0 radical (unpaired) electrons. The molecule has 134 valence electrons. The Labute approximate surface area is 152 Å². The number of hydrogen-bond donors (Lipinski definition) is 2. The smallest absolute Gasteiger partial charge is 0.269 e. The topological polar surface area (TPSA) is 75.6 Å². The fraction of sp³-hybridized carbons (Fsp3) is 0.350. The summed E-state index contributed by atoms with van der Waals surface area (Å²) in [4.78, 5) is 12.8.